The number of nitrogens with zero attached hydrogens (tertiary/aromatic N) is 1. The van der Waals surface area contributed by atoms with Gasteiger partial charge < -0.3 is 14.2 Å². The molecule has 5 rings (SSSR count). The molecule has 7 heteroatoms. The lowest BCUT2D eigenvalue weighted by Crippen LogP contribution is -2.60. The summed E-state index contributed by atoms with van der Waals surface area (Å²) < 4.78 is 18.6. The molecule has 0 aliphatic carbocycles. The van der Waals surface area contributed by atoms with E-state index in [1.165, 1.54) is 5.56 Å². The Morgan fingerprint density at radius 2 is 1.64 bits per heavy atom. The predicted octanol–water partition coefficient (Wildman–Crippen LogP) is 7.14. The zero-order valence-corrected chi connectivity index (χ0v) is 26.9. The van der Waals surface area contributed by atoms with Crippen LogP contribution >= 0.6 is 0 Å². The van der Waals surface area contributed by atoms with E-state index in [-0.39, 0.29) is 29.8 Å². The molecule has 0 saturated carbocycles. The number of benzene rings is 3. The van der Waals surface area contributed by atoms with Gasteiger partial charge in [-0.2, -0.15) is 0 Å². The van der Waals surface area contributed by atoms with Gasteiger partial charge in [0.15, 0.2) is 5.78 Å². The highest BCUT2D eigenvalue weighted by Crippen LogP contribution is 2.39. The average Bonchev–Trinajstić information content (AvgIpc) is 3.14. The maximum Gasteiger partial charge on any atom is 0.335 e. The van der Waals surface area contributed by atoms with Crippen LogP contribution in [0, 0.1) is 13.8 Å². The van der Waals surface area contributed by atoms with Crippen LogP contribution in [0.2, 0.25) is 0 Å². The van der Waals surface area contributed by atoms with Gasteiger partial charge in [0.1, 0.15) is 6.10 Å². The zero-order chi connectivity index (χ0) is 32.2. The number of hydrogen-bond acceptors (Lipinski definition) is 7. The van der Waals surface area contributed by atoms with Gasteiger partial charge in [0.25, 0.3) is 0 Å². The van der Waals surface area contributed by atoms with E-state index in [0.717, 1.165) is 34.4 Å². The second-order valence-corrected chi connectivity index (χ2v) is 13.1. The Morgan fingerprint density at radius 1 is 0.956 bits per heavy atom. The normalized spacial score (nSPS) is 19.1. The van der Waals surface area contributed by atoms with Gasteiger partial charge in [0, 0.05) is 37.2 Å². The molecule has 0 aromatic heterocycles. The summed E-state index contributed by atoms with van der Waals surface area (Å²) in [5.41, 5.74) is 6.14. The summed E-state index contributed by atoms with van der Waals surface area (Å²) in [6, 6.07) is 24.1. The van der Waals surface area contributed by atoms with Crippen molar-refractivity contribution >= 4 is 17.7 Å². The van der Waals surface area contributed by atoms with Crippen LogP contribution in [-0.4, -0.2) is 47.7 Å². The molecule has 3 aromatic rings. The number of Topliss-reactive ketones (excluding diaryl/α,β-unsaturated/α-hetero) is 1. The predicted molar refractivity (Wildman–Crippen MR) is 173 cm³/mol. The average molecular weight is 610 g/mol. The lowest BCUT2D eigenvalue weighted by Gasteiger charge is -2.46. The number of hydrogen-bond donors (Lipinski definition) is 0. The summed E-state index contributed by atoms with van der Waals surface area (Å²) in [6.07, 6.45) is 3.02. The van der Waals surface area contributed by atoms with Crippen molar-refractivity contribution in [3.63, 3.8) is 0 Å². The Hall–Kier alpha value is -4.07. The van der Waals surface area contributed by atoms with Gasteiger partial charge in [0.2, 0.25) is 0 Å². The Balaban J connectivity index is 1.34. The molecule has 1 fully saturated rings. The van der Waals surface area contributed by atoms with Crippen molar-refractivity contribution in [2.45, 2.75) is 83.8 Å². The first kappa shape index (κ1) is 32.3. The molecule has 0 amide bonds. The SMILES string of the molecule is Cc1cccc(C(OC2CCN(CCCC(=O)c3ccc(C(C)(C)C)cc3)C3(C2)OC(=O)C=CC(=O)O3)c2ccccc2C)c1. The van der Waals surface area contributed by atoms with Crippen molar-refractivity contribution in [3.8, 4) is 0 Å². The number of rotatable bonds is 9. The summed E-state index contributed by atoms with van der Waals surface area (Å²) in [5.74, 6) is -2.91. The van der Waals surface area contributed by atoms with Crippen LogP contribution in [0.3, 0.4) is 0 Å². The number of piperidine rings is 1. The molecule has 3 aromatic carbocycles. The molecular weight excluding hydrogens is 566 g/mol. The molecule has 0 bridgehead atoms. The number of ketones is 1. The van der Waals surface area contributed by atoms with Crippen LogP contribution in [-0.2, 0) is 29.2 Å². The minimum atomic E-state index is -1.64. The van der Waals surface area contributed by atoms with Crippen molar-refractivity contribution in [3.05, 3.63) is 118 Å². The molecule has 0 radical (unpaired) electrons. The highest BCUT2D eigenvalue weighted by Gasteiger charge is 2.50. The molecule has 2 atom stereocenters. The number of likely N-dealkylation sites (tertiary alicyclic amines) is 1. The molecular formula is C38H43NO6. The van der Waals surface area contributed by atoms with Crippen molar-refractivity contribution < 1.29 is 28.6 Å². The second-order valence-electron chi connectivity index (χ2n) is 13.1. The van der Waals surface area contributed by atoms with Gasteiger partial charge in [-0.3, -0.25) is 4.79 Å². The van der Waals surface area contributed by atoms with Crippen molar-refractivity contribution in [2.24, 2.45) is 0 Å². The van der Waals surface area contributed by atoms with Crippen LogP contribution in [0.4, 0.5) is 0 Å². The number of esters is 2. The Labute approximate surface area is 266 Å². The highest BCUT2D eigenvalue weighted by molar-refractivity contribution is 5.96. The van der Waals surface area contributed by atoms with Crippen molar-refractivity contribution in [1.82, 2.24) is 4.90 Å². The van der Waals surface area contributed by atoms with Crippen molar-refractivity contribution in [2.75, 3.05) is 13.1 Å². The number of aryl methyl sites for hydroxylation is 2. The molecule has 1 saturated heterocycles. The minimum Gasteiger partial charge on any atom is -0.405 e. The van der Waals surface area contributed by atoms with E-state index >= 15 is 0 Å². The maximum atomic E-state index is 13.0. The first-order valence-corrected chi connectivity index (χ1v) is 15.7. The Bertz CT molecular complexity index is 1550. The Kier molecular flexibility index (Phi) is 9.70. The second kappa shape index (κ2) is 13.5. The third-order valence-corrected chi connectivity index (χ3v) is 8.61. The van der Waals surface area contributed by atoms with Gasteiger partial charge >= 0.3 is 17.8 Å². The van der Waals surface area contributed by atoms with Gasteiger partial charge in [-0.25, -0.2) is 14.5 Å². The summed E-state index contributed by atoms with van der Waals surface area (Å²) in [5, 5.41) is 0. The third kappa shape index (κ3) is 7.78. The number of carbonyl (C=O) groups is 3. The first-order chi connectivity index (χ1) is 21.4. The summed E-state index contributed by atoms with van der Waals surface area (Å²) in [4.78, 5) is 40.3. The summed E-state index contributed by atoms with van der Waals surface area (Å²) >= 11 is 0. The number of ether oxygens (including phenoxy) is 3. The van der Waals surface area contributed by atoms with Crippen LogP contribution < -0.4 is 0 Å². The lowest BCUT2D eigenvalue weighted by molar-refractivity contribution is -0.307. The topological polar surface area (TPSA) is 82.1 Å². The molecule has 45 heavy (non-hydrogen) atoms. The summed E-state index contributed by atoms with van der Waals surface area (Å²) in [6.45, 7) is 11.4. The monoisotopic (exact) mass is 609 g/mol. The van der Waals surface area contributed by atoms with Gasteiger partial charge in [0.05, 0.1) is 12.5 Å². The van der Waals surface area contributed by atoms with E-state index in [9.17, 15) is 14.4 Å². The standard InChI is InChI=1S/C38H43NO6/c1-26-10-8-12-29(24-26)36(32-13-7-6-11-27(32)2)43-31-21-23-39(38(25-31)44-34(41)19-20-35(42)45-38)22-9-14-33(40)28-15-17-30(18-16-28)37(3,4)5/h6-8,10-13,15-20,24,31,36H,9,14,21-23,25H2,1-5H3. The molecule has 2 unspecified atom stereocenters. The van der Waals surface area contributed by atoms with Crippen LogP contribution in [0.25, 0.3) is 0 Å². The van der Waals surface area contributed by atoms with Crippen LogP contribution in [0.1, 0.15) is 90.7 Å². The lowest BCUT2D eigenvalue weighted by atomic mass is 9.86. The van der Waals surface area contributed by atoms with Crippen LogP contribution in [0.5, 0.6) is 0 Å². The summed E-state index contributed by atoms with van der Waals surface area (Å²) in [7, 11) is 0. The van der Waals surface area contributed by atoms with E-state index in [2.05, 4.69) is 65.0 Å². The fourth-order valence-electron chi connectivity index (χ4n) is 6.11. The van der Waals surface area contributed by atoms with Gasteiger partial charge in [-0.05, 0) is 54.4 Å². The molecule has 2 aliphatic heterocycles. The van der Waals surface area contributed by atoms with Crippen LogP contribution in [0.15, 0.2) is 84.9 Å². The van der Waals surface area contributed by atoms with Crippen molar-refractivity contribution in [1.29, 1.82) is 0 Å². The van der Waals surface area contributed by atoms with E-state index in [1.807, 2.05) is 47.4 Å². The van der Waals surface area contributed by atoms with E-state index in [0.29, 0.717) is 37.9 Å². The minimum absolute atomic E-state index is 0.00808. The largest absolute Gasteiger partial charge is 0.405 e. The number of carbonyl (C=O) groups excluding carboxylic acids is 3. The smallest absolute Gasteiger partial charge is 0.335 e. The van der Waals surface area contributed by atoms with E-state index in [1.54, 1.807) is 0 Å². The molecule has 7 nitrogen and oxygen atoms in total. The first-order valence-electron chi connectivity index (χ1n) is 15.7. The van der Waals surface area contributed by atoms with E-state index < -0.39 is 17.8 Å². The fraction of sp³-hybridized carbons (Fsp3) is 0.395. The molecule has 236 valence electrons. The molecule has 2 heterocycles. The Morgan fingerprint density at radius 3 is 2.29 bits per heavy atom. The zero-order valence-electron chi connectivity index (χ0n) is 26.9. The quantitative estimate of drug-likeness (QED) is 0.188. The highest BCUT2D eigenvalue weighted by atomic mass is 16.8. The third-order valence-electron chi connectivity index (χ3n) is 8.61. The molecule has 1 spiro atoms. The fourth-order valence-corrected chi connectivity index (χ4v) is 6.11. The molecule has 0 N–H and O–H groups in total. The molecule has 2 aliphatic rings. The van der Waals surface area contributed by atoms with Gasteiger partial charge in [-0.15, -0.1) is 0 Å². The van der Waals surface area contributed by atoms with E-state index in [4.69, 9.17) is 14.2 Å². The van der Waals surface area contributed by atoms with Gasteiger partial charge in [-0.1, -0.05) is 99.1 Å². The maximum absolute atomic E-state index is 13.0.